The molecule has 1 aromatic heterocycles. The molecule has 1 aromatic carbocycles. The predicted molar refractivity (Wildman–Crippen MR) is 112 cm³/mol. The second-order valence-electron chi connectivity index (χ2n) is 6.29. The number of halogens is 3. The number of alkyl halides is 3. The minimum atomic E-state index is -5.08. The summed E-state index contributed by atoms with van der Waals surface area (Å²) in [5.74, 6) is -2.09. The molecule has 2 heterocycles. The lowest BCUT2D eigenvalue weighted by molar-refractivity contribution is -0.192. The molecule has 0 saturated heterocycles. The van der Waals surface area contributed by atoms with Crippen LogP contribution in [0.5, 0.6) is 23.1 Å². The summed E-state index contributed by atoms with van der Waals surface area (Å²) in [6, 6.07) is 5.40. The summed E-state index contributed by atoms with van der Waals surface area (Å²) >= 11 is 0. The number of methoxy groups -OCH3 is 2. The average Bonchev–Trinajstić information content (AvgIpc) is 2.74. The highest BCUT2D eigenvalue weighted by Crippen LogP contribution is 2.45. The van der Waals surface area contributed by atoms with Crippen molar-refractivity contribution in [2.24, 2.45) is 0 Å². The first-order valence-electron chi connectivity index (χ1n) is 8.83. The minimum Gasteiger partial charge on any atom is -0.493 e. The number of nitriles is 1. The number of carboxylic acids is 2. The Morgan fingerprint density at radius 3 is 2.29 bits per heavy atom. The van der Waals surface area contributed by atoms with Crippen molar-refractivity contribution in [3.63, 3.8) is 0 Å². The Morgan fingerprint density at radius 1 is 1.26 bits per heavy atom. The van der Waals surface area contributed by atoms with Gasteiger partial charge in [-0.25, -0.2) is 4.79 Å². The van der Waals surface area contributed by atoms with Gasteiger partial charge in [0.25, 0.3) is 0 Å². The third kappa shape index (κ3) is 6.09. The molecule has 3 rings (SSSR count). The van der Waals surface area contributed by atoms with Crippen LogP contribution in [-0.4, -0.2) is 54.1 Å². The normalized spacial score (nSPS) is 11.1. The third-order valence-corrected chi connectivity index (χ3v) is 4.20. The fourth-order valence-electron chi connectivity index (χ4n) is 2.77. The Labute approximate surface area is 191 Å². The first-order valence-corrected chi connectivity index (χ1v) is 8.83. The van der Waals surface area contributed by atoms with Crippen molar-refractivity contribution >= 4 is 23.4 Å². The number of nitrogens with two attached hydrogens (primary N) is 1. The van der Waals surface area contributed by atoms with Crippen LogP contribution in [0.2, 0.25) is 0 Å². The maximum absolute atomic E-state index is 10.9. The van der Waals surface area contributed by atoms with E-state index in [-0.39, 0.29) is 31.2 Å². The van der Waals surface area contributed by atoms with Crippen molar-refractivity contribution in [2.75, 3.05) is 31.8 Å². The molecule has 0 unspecified atom stereocenters. The van der Waals surface area contributed by atoms with Gasteiger partial charge in [-0.2, -0.15) is 23.4 Å². The third-order valence-electron chi connectivity index (χ3n) is 4.20. The van der Waals surface area contributed by atoms with E-state index in [2.05, 4.69) is 10.3 Å². The van der Waals surface area contributed by atoms with Crippen LogP contribution in [0.3, 0.4) is 0 Å². The number of nitrogens with zero attached hydrogens (tertiary/aromatic N) is 2. The molecule has 1 aliphatic rings. The maximum atomic E-state index is 10.9. The number of pyridine rings is 1. The summed E-state index contributed by atoms with van der Waals surface area (Å²) in [4.78, 5) is 24.0. The predicted octanol–water partition coefficient (Wildman–Crippen LogP) is 3.02. The van der Waals surface area contributed by atoms with Crippen molar-refractivity contribution < 1.29 is 47.2 Å². The van der Waals surface area contributed by atoms with E-state index in [4.69, 9.17) is 35.0 Å². The molecule has 14 heteroatoms. The quantitative estimate of drug-likeness (QED) is 0.417. The number of aliphatic carboxylic acids is 2. The number of rotatable bonds is 5. The zero-order valence-corrected chi connectivity index (χ0v) is 17.1. The van der Waals surface area contributed by atoms with Gasteiger partial charge >= 0.3 is 18.1 Å². The molecule has 0 saturated carbocycles. The summed E-state index contributed by atoms with van der Waals surface area (Å²) in [7, 11) is 3.04. The lowest BCUT2D eigenvalue weighted by Crippen LogP contribution is -2.21. The summed E-state index contributed by atoms with van der Waals surface area (Å²) in [6.45, 7) is -0.372. The molecule has 0 radical (unpaired) electrons. The Balaban J connectivity index is 0.000000633. The van der Waals surface area contributed by atoms with Crippen LogP contribution >= 0.6 is 0 Å². The van der Waals surface area contributed by atoms with E-state index in [0.29, 0.717) is 34.9 Å². The van der Waals surface area contributed by atoms with Crippen LogP contribution in [0.1, 0.15) is 24.1 Å². The monoisotopic (exact) mass is 486 g/mol. The van der Waals surface area contributed by atoms with Crippen molar-refractivity contribution in [3.05, 3.63) is 28.8 Å². The van der Waals surface area contributed by atoms with E-state index < -0.39 is 18.1 Å². The number of hydrogen-bond acceptors (Lipinski definition) is 9. The van der Waals surface area contributed by atoms with Gasteiger partial charge in [0.1, 0.15) is 29.7 Å². The van der Waals surface area contributed by atoms with Crippen LogP contribution in [0, 0.1) is 11.3 Å². The molecule has 1 aliphatic heterocycles. The highest BCUT2D eigenvalue weighted by Gasteiger charge is 2.38. The molecule has 0 fully saturated rings. The van der Waals surface area contributed by atoms with Gasteiger partial charge in [-0.15, -0.1) is 0 Å². The number of nitrogens with one attached hydrogen (secondary N) is 1. The van der Waals surface area contributed by atoms with Crippen LogP contribution in [0.4, 0.5) is 24.7 Å². The van der Waals surface area contributed by atoms with Gasteiger partial charge in [0.2, 0.25) is 5.88 Å². The number of aromatic nitrogens is 1. The van der Waals surface area contributed by atoms with E-state index in [1.54, 1.807) is 12.1 Å². The van der Waals surface area contributed by atoms with E-state index in [0.717, 1.165) is 5.56 Å². The van der Waals surface area contributed by atoms with Crippen molar-refractivity contribution in [3.8, 4) is 29.2 Å². The summed E-state index contributed by atoms with van der Waals surface area (Å²) in [5.41, 5.74) is 7.56. The zero-order chi connectivity index (χ0) is 24.9. The number of fused-ring (bicyclic) bond motifs is 2. The second kappa shape index (κ2) is 10.9. The lowest BCUT2D eigenvalue weighted by atomic mass is 9.98. The number of benzene rings is 1. The number of carbonyl (C=O) groups is 2. The van der Waals surface area contributed by atoms with Crippen LogP contribution in [-0.2, 0) is 16.0 Å². The highest BCUT2D eigenvalue weighted by molar-refractivity contribution is 5.79. The van der Waals surface area contributed by atoms with E-state index in [1.165, 1.54) is 14.2 Å². The summed E-state index contributed by atoms with van der Waals surface area (Å²) in [5, 5.41) is 28.2. The molecule has 0 aliphatic carbocycles. The van der Waals surface area contributed by atoms with E-state index >= 15 is 0 Å². The van der Waals surface area contributed by atoms with E-state index in [9.17, 15) is 23.2 Å². The zero-order valence-electron chi connectivity index (χ0n) is 17.1. The molecule has 0 atom stereocenters. The van der Waals surface area contributed by atoms with Gasteiger partial charge in [-0.3, -0.25) is 4.79 Å². The lowest BCUT2D eigenvalue weighted by Gasteiger charge is -2.24. The molecule has 11 nitrogen and oxygen atoms in total. The SMILES string of the molecule is C.COc1cc2c(cc1OC)Oc1nc(N)c(C#N)c(NCC(=O)O)c1C2.O=C(O)C(F)(F)F. The van der Waals surface area contributed by atoms with Crippen LogP contribution in [0.15, 0.2) is 12.1 Å². The molecular formula is C20H21F3N4O7. The number of ether oxygens (including phenoxy) is 3. The molecule has 34 heavy (non-hydrogen) atoms. The average molecular weight is 486 g/mol. The van der Waals surface area contributed by atoms with Gasteiger partial charge in [-0.05, 0) is 6.07 Å². The second-order valence-corrected chi connectivity index (χ2v) is 6.29. The van der Waals surface area contributed by atoms with Gasteiger partial charge in [0, 0.05) is 23.6 Å². The van der Waals surface area contributed by atoms with Gasteiger partial charge in [-0.1, -0.05) is 7.43 Å². The maximum Gasteiger partial charge on any atom is 0.490 e. The Bertz CT molecular complexity index is 1130. The summed E-state index contributed by atoms with van der Waals surface area (Å²) < 4.78 is 48.1. The molecule has 0 spiro atoms. The fourth-order valence-corrected chi connectivity index (χ4v) is 2.77. The topological polar surface area (TPSA) is 177 Å². The Kier molecular flexibility index (Phi) is 8.89. The van der Waals surface area contributed by atoms with Crippen LogP contribution < -0.4 is 25.3 Å². The molecule has 0 bridgehead atoms. The van der Waals surface area contributed by atoms with Crippen molar-refractivity contribution in [1.82, 2.24) is 4.98 Å². The Morgan fingerprint density at radius 2 is 1.82 bits per heavy atom. The van der Waals surface area contributed by atoms with E-state index in [1.807, 2.05) is 6.07 Å². The largest absolute Gasteiger partial charge is 0.493 e. The highest BCUT2D eigenvalue weighted by atomic mass is 19.4. The molecule has 184 valence electrons. The first-order chi connectivity index (χ1) is 15.4. The van der Waals surface area contributed by atoms with Crippen molar-refractivity contribution in [1.29, 1.82) is 5.26 Å². The molecule has 0 amide bonds. The fraction of sp³-hybridized carbons (Fsp3) is 0.300. The molecule has 5 N–H and O–H groups in total. The van der Waals surface area contributed by atoms with Crippen molar-refractivity contribution in [2.45, 2.75) is 20.0 Å². The number of carboxylic acid groups (broad SMARTS) is 2. The number of anilines is 2. The molecular weight excluding hydrogens is 465 g/mol. The standard InChI is InChI=1S/C17H16N4O5.C2HF3O2.CH4/c1-24-12-4-8-3-9-15(20-7-14(22)23)10(6-18)16(19)21-17(9)26-11(8)5-13(12)25-2;3-2(4,5)1(6)7;/h4-5H,3,7H2,1-2H3,(H,22,23)(H3,19,20,21);(H,6,7);1H4. The van der Waals surface area contributed by atoms with Gasteiger partial charge < -0.3 is 35.5 Å². The van der Waals surface area contributed by atoms with Gasteiger partial charge in [0.05, 0.1) is 19.9 Å². The number of hydrogen-bond donors (Lipinski definition) is 4. The van der Waals surface area contributed by atoms with Gasteiger partial charge in [0.15, 0.2) is 11.5 Å². The molecule has 2 aromatic rings. The van der Waals surface area contributed by atoms with Crippen LogP contribution in [0.25, 0.3) is 0 Å². The number of nitrogen functional groups attached to an aromatic ring is 1. The first kappa shape index (κ1) is 27.6. The summed E-state index contributed by atoms with van der Waals surface area (Å²) in [6.07, 6.45) is -4.73. The minimum absolute atomic E-state index is 0. The Hall–Kier alpha value is -4.41. The smallest absolute Gasteiger partial charge is 0.490 e.